The Balaban J connectivity index is 1.92. The van der Waals surface area contributed by atoms with Gasteiger partial charge in [-0.3, -0.25) is 9.59 Å². The van der Waals surface area contributed by atoms with E-state index >= 15 is 0 Å². The lowest BCUT2D eigenvalue weighted by Crippen LogP contribution is -2.20. The van der Waals surface area contributed by atoms with Gasteiger partial charge in [0, 0.05) is 9.37 Å². The third-order valence-electron chi connectivity index (χ3n) is 2.71. The van der Waals surface area contributed by atoms with Gasteiger partial charge in [-0.05, 0) is 36.4 Å². The number of hydrogen-bond acceptors (Lipinski definition) is 4. The van der Waals surface area contributed by atoms with Crippen LogP contribution < -0.4 is 15.8 Å². The van der Waals surface area contributed by atoms with Crippen molar-refractivity contribution in [1.82, 2.24) is 0 Å². The summed E-state index contributed by atoms with van der Waals surface area (Å²) in [6.45, 7) is -0.101. The van der Waals surface area contributed by atoms with Gasteiger partial charge in [-0.15, -0.1) is 11.8 Å². The maximum absolute atomic E-state index is 12.0. The van der Waals surface area contributed by atoms with Crippen LogP contribution in [0.3, 0.4) is 0 Å². The van der Waals surface area contributed by atoms with Crippen molar-refractivity contribution in [2.75, 3.05) is 17.7 Å². The first-order valence-electron chi connectivity index (χ1n) is 6.73. The molecule has 2 amide bonds. The summed E-state index contributed by atoms with van der Waals surface area (Å²) >= 11 is 4.61. The van der Waals surface area contributed by atoms with E-state index in [-0.39, 0.29) is 18.3 Å². The predicted molar refractivity (Wildman–Crippen MR) is 94.6 cm³/mol. The van der Waals surface area contributed by atoms with E-state index in [1.165, 1.54) is 11.8 Å². The van der Waals surface area contributed by atoms with Gasteiger partial charge in [0.15, 0.2) is 6.61 Å². The molecule has 2 rings (SSSR count). The number of anilines is 1. The van der Waals surface area contributed by atoms with Crippen molar-refractivity contribution in [2.45, 2.75) is 4.90 Å². The Bertz CT molecular complexity index is 692. The van der Waals surface area contributed by atoms with Crippen LogP contribution >= 0.6 is 27.7 Å². The monoisotopic (exact) mass is 394 g/mol. The highest BCUT2D eigenvalue weighted by Gasteiger charge is 2.09. The number of hydrogen-bond donors (Lipinski definition) is 2. The van der Waals surface area contributed by atoms with Crippen molar-refractivity contribution in [2.24, 2.45) is 5.73 Å². The lowest BCUT2D eigenvalue weighted by molar-refractivity contribution is -0.118. The van der Waals surface area contributed by atoms with E-state index in [4.69, 9.17) is 10.5 Å². The standard InChI is InChI=1S/C16H15BrN2O3S/c17-11-5-7-12(8-6-11)22-9-16(21)19-13-3-1-2-4-14(13)23-10-15(18)20/h1-8H,9-10H2,(H2,18,20)(H,19,21). The second kappa shape index (κ2) is 8.59. The van der Waals surface area contributed by atoms with E-state index in [1.54, 1.807) is 24.3 Å². The number of rotatable bonds is 7. The van der Waals surface area contributed by atoms with E-state index < -0.39 is 5.91 Å². The summed E-state index contributed by atoms with van der Waals surface area (Å²) in [5.41, 5.74) is 5.77. The molecule has 0 aliphatic rings. The van der Waals surface area contributed by atoms with Crippen LogP contribution in [0.1, 0.15) is 0 Å². The van der Waals surface area contributed by atoms with Crippen molar-refractivity contribution in [3.8, 4) is 5.75 Å². The number of carbonyl (C=O) groups excluding carboxylic acids is 2. The quantitative estimate of drug-likeness (QED) is 0.707. The largest absolute Gasteiger partial charge is 0.484 e. The van der Waals surface area contributed by atoms with E-state index in [0.717, 1.165) is 9.37 Å². The smallest absolute Gasteiger partial charge is 0.262 e. The van der Waals surface area contributed by atoms with Crippen molar-refractivity contribution in [1.29, 1.82) is 0 Å². The lowest BCUT2D eigenvalue weighted by Gasteiger charge is -2.11. The Kier molecular flexibility index (Phi) is 6.49. The molecular formula is C16H15BrN2O3S. The second-order valence-electron chi connectivity index (χ2n) is 4.54. The Morgan fingerprint density at radius 1 is 1.13 bits per heavy atom. The molecule has 0 aliphatic heterocycles. The van der Waals surface area contributed by atoms with E-state index in [0.29, 0.717) is 11.4 Å². The van der Waals surface area contributed by atoms with Crippen LogP contribution in [0.2, 0.25) is 0 Å². The number of carbonyl (C=O) groups is 2. The zero-order chi connectivity index (χ0) is 16.7. The van der Waals surface area contributed by atoms with Crippen molar-refractivity contribution < 1.29 is 14.3 Å². The third-order valence-corrected chi connectivity index (χ3v) is 4.34. The average molecular weight is 395 g/mol. The van der Waals surface area contributed by atoms with Crippen LogP contribution in [0.4, 0.5) is 5.69 Å². The highest BCUT2D eigenvalue weighted by molar-refractivity contribution is 9.10. The Morgan fingerprint density at radius 3 is 2.52 bits per heavy atom. The molecule has 2 aromatic carbocycles. The highest BCUT2D eigenvalue weighted by Crippen LogP contribution is 2.26. The van der Waals surface area contributed by atoms with E-state index in [2.05, 4.69) is 21.2 Å². The summed E-state index contributed by atoms with van der Waals surface area (Å²) < 4.78 is 6.36. The molecule has 7 heteroatoms. The molecule has 2 aromatic rings. The minimum atomic E-state index is -0.408. The minimum absolute atomic E-state index is 0.101. The van der Waals surface area contributed by atoms with Gasteiger partial charge in [0.25, 0.3) is 5.91 Å². The molecule has 0 aromatic heterocycles. The summed E-state index contributed by atoms with van der Waals surface area (Å²) in [6.07, 6.45) is 0. The zero-order valence-corrected chi connectivity index (χ0v) is 14.5. The summed E-state index contributed by atoms with van der Waals surface area (Å²) in [6, 6.07) is 14.4. The first-order chi connectivity index (χ1) is 11.0. The van der Waals surface area contributed by atoms with Crippen molar-refractivity contribution >= 4 is 45.2 Å². The fraction of sp³-hybridized carbons (Fsp3) is 0.125. The Morgan fingerprint density at radius 2 is 1.83 bits per heavy atom. The van der Waals surface area contributed by atoms with Gasteiger partial charge in [-0.1, -0.05) is 28.1 Å². The maximum Gasteiger partial charge on any atom is 0.262 e. The van der Waals surface area contributed by atoms with Gasteiger partial charge in [-0.2, -0.15) is 0 Å². The molecule has 0 atom stereocenters. The van der Waals surface area contributed by atoms with Crippen LogP contribution in [0.5, 0.6) is 5.75 Å². The second-order valence-corrected chi connectivity index (χ2v) is 6.47. The number of nitrogens with one attached hydrogen (secondary N) is 1. The van der Waals surface area contributed by atoms with Gasteiger partial charge in [0.05, 0.1) is 11.4 Å². The van der Waals surface area contributed by atoms with Crippen molar-refractivity contribution in [3.05, 3.63) is 53.0 Å². The number of nitrogens with two attached hydrogens (primary N) is 1. The fourth-order valence-electron chi connectivity index (χ4n) is 1.71. The number of halogens is 1. The molecule has 0 radical (unpaired) electrons. The van der Waals surface area contributed by atoms with Crippen LogP contribution in [-0.2, 0) is 9.59 Å². The molecule has 0 aliphatic carbocycles. The lowest BCUT2D eigenvalue weighted by atomic mass is 10.3. The Hall–Kier alpha value is -1.99. The topological polar surface area (TPSA) is 81.4 Å². The van der Waals surface area contributed by atoms with E-state index in [9.17, 15) is 9.59 Å². The number of ether oxygens (including phenoxy) is 1. The summed E-state index contributed by atoms with van der Waals surface area (Å²) in [4.78, 5) is 23.7. The fourth-order valence-corrected chi connectivity index (χ4v) is 2.72. The molecule has 3 N–H and O–H groups in total. The molecule has 0 saturated carbocycles. The van der Waals surface area contributed by atoms with Gasteiger partial charge >= 0.3 is 0 Å². The SMILES string of the molecule is NC(=O)CSc1ccccc1NC(=O)COc1ccc(Br)cc1. The van der Waals surface area contributed by atoms with Crippen LogP contribution in [-0.4, -0.2) is 24.2 Å². The average Bonchev–Trinajstić information content (AvgIpc) is 2.53. The van der Waals surface area contributed by atoms with Crippen LogP contribution in [0.25, 0.3) is 0 Å². The molecule has 5 nitrogen and oxygen atoms in total. The molecule has 0 unspecified atom stereocenters. The normalized spacial score (nSPS) is 10.1. The molecule has 120 valence electrons. The molecule has 0 heterocycles. The Labute approximate surface area is 146 Å². The maximum atomic E-state index is 12.0. The summed E-state index contributed by atoms with van der Waals surface area (Å²) in [7, 11) is 0. The zero-order valence-electron chi connectivity index (χ0n) is 12.1. The summed E-state index contributed by atoms with van der Waals surface area (Å²) in [5, 5.41) is 2.77. The molecular weight excluding hydrogens is 380 g/mol. The molecule has 23 heavy (non-hydrogen) atoms. The number of amides is 2. The molecule has 0 bridgehead atoms. The van der Waals surface area contributed by atoms with Crippen LogP contribution in [0.15, 0.2) is 57.9 Å². The van der Waals surface area contributed by atoms with E-state index in [1.807, 2.05) is 24.3 Å². The number of para-hydroxylation sites is 1. The number of primary amides is 1. The minimum Gasteiger partial charge on any atom is -0.484 e. The van der Waals surface area contributed by atoms with Gasteiger partial charge < -0.3 is 15.8 Å². The van der Waals surface area contributed by atoms with Crippen molar-refractivity contribution in [3.63, 3.8) is 0 Å². The molecule has 0 saturated heterocycles. The third kappa shape index (κ3) is 5.96. The molecule has 0 spiro atoms. The number of thioether (sulfide) groups is 1. The molecule has 0 fully saturated rings. The summed E-state index contributed by atoms with van der Waals surface area (Å²) in [5.74, 6) is 0.0805. The number of benzene rings is 2. The van der Waals surface area contributed by atoms with Gasteiger partial charge in [-0.25, -0.2) is 0 Å². The van der Waals surface area contributed by atoms with Gasteiger partial charge in [0.2, 0.25) is 5.91 Å². The van der Waals surface area contributed by atoms with Gasteiger partial charge in [0.1, 0.15) is 5.75 Å². The first-order valence-corrected chi connectivity index (χ1v) is 8.51. The first kappa shape index (κ1) is 17.4. The highest BCUT2D eigenvalue weighted by atomic mass is 79.9. The van der Waals surface area contributed by atoms with Crippen LogP contribution in [0, 0.1) is 0 Å². The predicted octanol–water partition coefficient (Wildman–Crippen LogP) is 3.04.